The van der Waals surface area contributed by atoms with Crippen LogP contribution in [0.4, 0.5) is 0 Å². The Kier molecular flexibility index (Phi) is 12.4. The lowest BCUT2D eigenvalue weighted by atomic mass is 10.3. The highest BCUT2D eigenvalue weighted by atomic mass is 16.5. The van der Waals surface area contributed by atoms with E-state index in [4.69, 9.17) is 5.11 Å². The van der Waals surface area contributed by atoms with Crippen molar-refractivity contribution in [3.63, 3.8) is 0 Å². The molecule has 0 unspecified atom stereocenters. The van der Waals surface area contributed by atoms with Gasteiger partial charge >= 0.3 is 5.97 Å². The molecule has 4 heteroatoms. The molecule has 0 fully saturated rings. The molecule has 16 heavy (non-hydrogen) atoms. The number of aliphatic hydroxyl groups is 1. The molecule has 0 aromatic rings. The van der Waals surface area contributed by atoms with Gasteiger partial charge in [-0.2, -0.15) is 0 Å². The van der Waals surface area contributed by atoms with Crippen LogP contribution in [-0.2, 0) is 14.3 Å². The van der Waals surface area contributed by atoms with E-state index >= 15 is 0 Å². The van der Waals surface area contributed by atoms with Gasteiger partial charge in [-0.15, -0.1) is 0 Å². The minimum Gasteiger partial charge on any atom is -0.462 e. The van der Waals surface area contributed by atoms with Crippen LogP contribution >= 0.6 is 0 Å². The van der Waals surface area contributed by atoms with Gasteiger partial charge in [-0.05, 0) is 19.4 Å². The molecule has 1 aliphatic heterocycles. The molecule has 1 rings (SSSR count). The molecule has 0 radical (unpaired) electrons. The molecular formula is C12H20O4. The number of hydrogen-bond donors (Lipinski definition) is 1. The Morgan fingerprint density at radius 2 is 2.31 bits per heavy atom. The van der Waals surface area contributed by atoms with E-state index < -0.39 is 0 Å². The van der Waals surface area contributed by atoms with Crippen molar-refractivity contribution < 1.29 is 19.4 Å². The molecular weight excluding hydrogens is 208 g/mol. The molecule has 0 aromatic heterocycles. The minimum absolute atomic E-state index is 0. The molecule has 0 amide bonds. The number of ether oxygens (including phenoxy) is 1. The predicted octanol–water partition coefficient (Wildman–Crippen LogP) is 1.64. The average Bonchev–Trinajstić information content (AvgIpc) is 2.20. The molecule has 0 spiro atoms. The predicted molar refractivity (Wildman–Crippen MR) is 63.0 cm³/mol. The van der Waals surface area contributed by atoms with Crippen LogP contribution < -0.4 is 0 Å². The first-order valence-corrected chi connectivity index (χ1v) is 4.78. The summed E-state index contributed by atoms with van der Waals surface area (Å²) in [4.78, 5) is 20.3. The number of ketones is 1. The van der Waals surface area contributed by atoms with Crippen molar-refractivity contribution in [2.45, 2.75) is 27.2 Å². The Balaban J connectivity index is 0. The molecule has 4 nitrogen and oxygen atoms in total. The maximum absolute atomic E-state index is 10.2. The van der Waals surface area contributed by atoms with Gasteiger partial charge in [0.25, 0.3) is 0 Å². The van der Waals surface area contributed by atoms with Crippen molar-refractivity contribution in [2.24, 2.45) is 0 Å². The molecule has 0 aliphatic carbocycles. The van der Waals surface area contributed by atoms with Crippen LogP contribution in [0.15, 0.2) is 24.3 Å². The van der Waals surface area contributed by atoms with Crippen LogP contribution in [0, 0.1) is 0 Å². The fourth-order valence-electron chi connectivity index (χ4n) is 0.779. The Hall–Kier alpha value is -1.42. The van der Waals surface area contributed by atoms with Crippen LogP contribution in [0.3, 0.4) is 0 Å². The fraction of sp³-hybridized carbons (Fsp3) is 0.500. The first-order valence-electron chi connectivity index (χ1n) is 4.78. The molecule has 0 saturated carbocycles. The van der Waals surface area contributed by atoms with E-state index in [0.29, 0.717) is 13.0 Å². The number of rotatable bonds is 3. The van der Waals surface area contributed by atoms with Crippen LogP contribution in [0.1, 0.15) is 27.2 Å². The molecule has 0 aromatic carbocycles. The van der Waals surface area contributed by atoms with Crippen LogP contribution in [0.25, 0.3) is 0 Å². The molecule has 92 valence electrons. The number of aliphatic hydroxyl groups excluding tert-OH is 1. The Bertz CT molecular complexity index is 254. The molecule has 1 N–H and O–H groups in total. The molecule has 0 saturated heterocycles. The highest BCUT2D eigenvalue weighted by Crippen LogP contribution is 1.93. The molecule has 0 bridgehead atoms. The largest absolute Gasteiger partial charge is 0.462 e. The third kappa shape index (κ3) is 12.6. The second kappa shape index (κ2) is 11.7. The van der Waals surface area contributed by atoms with Crippen molar-refractivity contribution in [2.75, 3.05) is 13.2 Å². The lowest BCUT2D eigenvalue weighted by Crippen LogP contribution is -2.05. The summed E-state index contributed by atoms with van der Waals surface area (Å²) in [5.74, 6) is -0.190. The Labute approximate surface area is 96.6 Å². The van der Waals surface area contributed by atoms with Gasteiger partial charge in [0.2, 0.25) is 0 Å². The third-order valence-electron chi connectivity index (χ3n) is 1.43. The number of hydrogen-bond acceptors (Lipinski definition) is 4. The van der Waals surface area contributed by atoms with Gasteiger partial charge in [-0.3, -0.25) is 4.79 Å². The maximum Gasteiger partial charge on any atom is 0.330 e. The Morgan fingerprint density at radius 3 is 2.62 bits per heavy atom. The van der Waals surface area contributed by atoms with E-state index in [-0.39, 0.29) is 25.8 Å². The Morgan fingerprint density at radius 1 is 1.62 bits per heavy atom. The zero-order valence-electron chi connectivity index (χ0n) is 8.81. The number of esters is 1. The number of carbonyl (C=O) groups excluding carboxylic acids is 2. The summed E-state index contributed by atoms with van der Waals surface area (Å²) >= 11 is 0. The van der Waals surface area contributed by atoms with Crippen LogP contribution in [0.2, 0.25) is 0 Å². The monoisotopic (exact) mass is 228 g/mol. The van der Waals surface area contributed by atoms with Gasteiger partial charge in [0.05, 0.1) is 6.61 Å². The zero-order valence-corrected chi connectivity index (χ0v) is 8.81. The van der Waals surface area contributed by atoms with Crippen molar-refractivity contribution in [1.82, 2.24) is 0 Å². The van der Waals surface area contributed by atoms with Gasteiger partial charge in [-0.1, -0.05) is 19.6 Å². The van der Waals surface area contributed by atoms with E-state index in [9.17, 15) is 9.59 Å². The zero-order chi connectivity index (χ0) is 11.5. The quantitative estimate of drug-likeness (QED) is 0.589. The van der Waals surface area contributed by atoms with Gasteiger partial charge in [0.1, 0.15) is 0 Å². The summed E-state index contributed by atoms with van der Waals surface area (Å²) < 4.78 is 4.55. The minimum atomic E-state index is -0.216. The van der Waals surface area contributed by atoms with Crippen LogP contribution in [-0.4, -0.2) is 30.1 Å². The highest BCUT2D eigenvalue weighted by molar-refractivity contribution is 5.87. The normalized spacial score (nSPS) is 13.5. The van der Waals surface area contributed by atoms with Crippen molar-refractivity contribution in [3.05, 3.63) is 24.3 Å². The third-order valence-corrected chi connectivity index (χ3v) is 1.43. The van der Waals surface area contributed by atoms with Crippen molar-refractivity contribution in [3.8, 4) is 0 Å². The lowest BCUT2D eigenvalue weighted by Gasteiger charge is -2.01. The van der Waals surface area contributed by atoms with Gasteiger partial charge < -0.3 is 9.84 Å². The van der Waals surface area contributed by atoms with E-state index in [1.807, 2.05) is 6.08 Å². The summed E-state index contributed by atoms with van der Waals surface area (Å²) in [7, 11) is 0. The number of cyclic esters (lactones) is 1. The fourth-order valence-corrected chi connectivity index (χ4v) is 0.779. The van der Waals surface area contributed by atoms with E-state index in [1.165, 1.54) is 19.1 Å². The average molecular weight is 228 g/mol. The van der Waals surface area contributed by atoms with Gasteiger partial charge in [-0.25, -0.2) is 4.79 Å². The van der Waals surface area contributed by atoms with Crippen molar-refractivity contribution in [1.29, 1.82) is 0 Å². The first-order chi connectivity index (χ1) is 7.16. The number of allylic oxidation sites excluding steroid dienone is 1. The number of carbonyl (C=O) groups is 2. The smallest absolute Gasteiger partial charge is 0.330 e. The SMILES string of the molecule is C.CC(=O)/C=C/CCO.O=C1C=CCCO1. The van der Waals surface area contributed by atoms with E-state index in [0.717, 1.165) is 6.42 Å². The van der Waals surface area contributed by atoms with Gasteiger partial charge in [0.15, 0.2) is 5.78 Å². The molecule has 0 atom stereocenters. The summed E-state index contributed by atoms with van der Waals surface area (Å²) in [6, 6.07) is 0. The van der Waals surface area contributed by atoms with Crippen molar-refractivity contribution >= 4 is 11.8 Å². The summed E-state index contributed by atoms with van der Waals surface area (Å²) in [6.07, 6.45) is 7.80. The molecule has 1 aliphatic rings. The topological polar surface area (TPSA) is 63.6 Å². The van der Waals surface area contributed by atoms with Crippen LogP contribution in [0.5, 0.6) is 0 Å². The maximum atomic E-state index is 10.2. The second-order valence-corrected chi connectivity index (χ2v) is 2.88. The summed E-state index contributed by atoms with van der Waals surface area (Å²) in [5.41, 5.74) is 0. The van der Waals surface area contributed by atoms with E-state index in [1.54, 1.807) is 6.08 Å². The van der Waals surface area contributed by atoms with E-state index in [2.05, 4.69) is 4.74 Å². The summed E-state index contributed by atoms with van der Waals surface area (Å²) in [6.45, 7) is 2.15. The summed E-state index contributed by atoms with van der Waals surface area (Å²) in [5, 5.41) is 8.22. The lowest BCUT2D eigenvalue weighted by molar-refractivity contribution is -0.138. The molecule has 1 heterocycles. The second-order valence-electron chi connectivity index (χ2n) is 2.88. The highest BCUT2D eigenvalue weighted by Gasteiger charge is 1.98. The standard InChI is InChI=1S/C6H10O2.C5H6O2.CH4/c1-6(8)4-2-3-5-7;6-5-3-1-2-4-7-5;/h2,4,7H,3,5H2,1H3;1,3H,2,4H2;1H4/b4-2+;;. The van der Waals surface area contributed by atoms with Gasteiger partial charge in [0, 0.05) is 19.1 Å². The first kappa shape index (κ1) is 17.0.